The number of nitriles is 1. The van der Waals surface area contributed by atoms with E-state index in [1.807, 2.05) is 15.7 Å². The van der Waals surface area contributed by atoms with Gasteiger partial charge in [0.15, 0.2) is 0 Å². The lowest BCUT2D eigenvalue weighted by molar-refractivity contribution is 1.27. The Morgan fingerprint density at radius 3 is 2.18 bits per heavy atom. The van der Waals surface area contributed by atoms with Gasteiger partial charge in [0, 0.05) is 0 Å². The van der Waals surface area contributed by atoms with Crippen LogP contribution in [0.3, 0.4) is 0 Å². The van der Waals surface area contributed by atoms with Crippen LogP contribution in [0, 0.1) is 11.3 Å². The van der Waals surface area contributed by atoms with E-state index in [2.05, 4.69) is 24.3 Å². The van der Waals surface area contributed by atoms with E-state index in [1.54, 1.807) is 0 Å². The van der Waals surface area contributed by atoms with E-state index in [1.165, 1.54) is 10.9 Å². The molecule has 0 spiro atoms. The molecule has 0 fully saturated rings. The molecule has 52 valence electrons. The quantitative estimate of drug-likeness (QED) is 0.426. The number of nitrogens with zero attached hydrogens (tertiary/aromatic N) is 1. The maximum Gasteiger partial charge on any atom is 0.139 e. The van der Waals surface area contributed by atoms with Gasteiger partial charge in [0.05, 0.1) is 12.5 Å². The summed E-state index contributed by atoms with van der Waals surface area (Å²) in [6.07, 6.45) is 0.516. The van der Waals surface area contributed by atoms with Gasteiger partial charge in [-0.15, -0.1) is 0 Å². The largest absolute Gasteiger partial charge is 0.198 e. The van der Waals surface area contributed by atoms with Crippen molar-refractivity contribution >= 4 is 26.6 Å². The normalized spacial score (nSPS) is 9.00. The molecule has 11 heavy (non-hydrogen) atoms. The van der Waals surface area contributed by atoms with Crippen LogP contribution in [0.15, 0.2) is 18.2 Å². The summed E-state index contributed by atoms with van der Waals surface area (Å²) < 4.78 is 0. The highest BCUT2D eigenvalue weighted by molar-refractivity contribution is 6.37. The van der Waals surface area contributed by atoms with Gasteiger partial charge in [-0.05, 0) is 5.56 Å². The molecule has 1 rings (SSSR count). The molecule has 3 heteroatoms. The summed E-state index contributed by atoms with van der Waals surface area (Å²) in [5.74, 6) is 0. The predicted molar refractivity (Wildman–Crippen MR) is 52.1 cm³/mol. The van der Waals surface area contributed by atoms with Gasteiger partial charge in [-0.1, -0.05) is 29.1 Å². The van der Waals surface area contributed by atoms with E-state index in [0.717, 1.165) is 5.56 Å². The number of rotatable bonds is 1. The van der Waals surface area contributed by atoms with Crippen LogP contribution < -0.4 is 10.9 Å². The number of benzene rings is 1. The second-order valence-corrected chi connectivity index (χ2v) is 2.83. The zero-order valence-corrected chi connectivity index (χ0v) is 6.89. The van der Waals surface area contributed by atoms with Crippen molar-refractivity contribution < 1.29 is 0 Å². The number of hydrogen-bond donors (Lipinski definition) is 0. The molecule has 0 N–H and O–H groups in total. The lowest BCUT2D eigenvalue weighted by Crippen LogP contribution is -2.14. The van der Waals surface area contributed by atoms with Crippen LogP contribution in [0.25, 0.3) is 0 Å². The Balaban J connectivity index is 3.01. The summed E-state index contributed by atoms with van der Waals surface area (Å²) in [5, 5.41) is 8.45. The van der Waals surface area contributed by atoms with Gasteiger partial charge in [0.25, 0.3) is 0 Å². The van der Waals surface area contributed by atoms with E-state index < -0.39 is 0 Å². The smallest absolute Gasteiger partial charge is 0.139 e. The average Bonchev–Trinajstić information content (AvgIpc) is 1.85. The summed E-state index contributed by atoms with van der Waals surface area (Å²) >= 11 is 0. The molecular weight excluding hydrogens is 132 g/mol. The first-order valence-electron chi connectivity index (χ1n) is 3.66. The maximum absolute atomic E-state index is 8.45. The van der Waals surface area contributed by atoms with Gasteiger partial charge in [-0.3, -0.25) is 0 Å². The summed E-state index contributed by atoms with van der Waals surface area (Å²) in [5.41, 5.74) is 3.58. The topological polar surface area (TPSA) is 23.8 Å². The van der Waals surface area contributed by atoms with Gasteiger partial charge in [-0.2, -0.15) is 5.26 Å². The molecule has 0 saturated heterocycles. The Kier molecular flexibility index (Phi) is 2.38. The standard InChI is InChI=1S/C8H9B2N/c9-7-3-6(1-2-11)4-8(10)5-7/h3-5H,1,9-10H2. The molecule has 0 amide bonds. The van der Waals surface area contributed by atoms with Gasteiger partial charge < -0.3 is 0 Å². The molecule has 0 bridgehead atoms. The SMILES string of the molecule is Bc1cc(B)cc(CC#N)c1. The van der Waals surface area contributed by atoms with Crippen molar-refractivity contribution in [2.24, 2.45) is 0 Å². The minimum atomic E-state index is 0.516. The Hall–Kier alpha value is -1.16. The fourth-order valence-electron chi connectivity index (χ4n) is 1.26. The van der Waals surface area contributed by atoms with Crippen molar-refractivity contribution in [3.05, 3.63) is 23.8 Å². The molecule has 0 aromatic heterocycles. The summed E-state index contributed by atoms with van der Waals surface area (Å²) in [6, 6.07) is 8.35. The molecule has 0 aliphatic carbocycles. The highest BCUT2D eigenvalue weighted by Gasteiger charge is 1.93. The van der Waals surface area contributed by atoms with Crippen LogP contribution in [0.1, 0.15) is 5.56 Å². The molecular formula is C8H9B2N. The van der Waals surface area contributed by atoms with Crippen LogP contribution in [0.5, 0.6) is 0 Å². The van der Waals surface area contributed by atoms with Crippen molar-refractivity contribution in [3.63, 3.8) is 0 Å². The third-order valence-electron chi connectivity index (χ3n) is 1.56. The molecule has 0 atom stereocenters. The van der Waals surface area contributed by atoms with Crippen LogP contribution in [0.2, 0.25) is 0 Å². The van der Waals surface area contributed by atoms with E-state index >= 15 is 0 Å². The molecule has 0 aliphatic heterocycles. The molecule has 0 radical (unpaired) electrons. The Bertz CT molecular complexity index is 281. The van der Waals surface area contributed by atoms with Crippen LogP contribution in [-0.2, 0) is 6.42 Å². The monoisotopic (exact) mass is 141 g/mol. The predicted octanol–water partition coefficient (Wildman–Crippen LogP) is -1.73. The van der Waals surface area contributed by atoms with Crippen LogP contribution >= 0.6 is 0 Å². The van der Waals surface area contributed by atoms with Crippen molar-refractivity contribution in [1.29, 1.82) is 5.26 Å². The van der Waals surface area contributed by atoms with Gasteiger partial charge in [0.2, 0.25) is 0 Å². The second-order valence-electron chi connectivity index (χ2n) is 2.83. The van der Waals surface area contributed by atoms with Gasteiger partial charge in [0.1, 0.15) is 15.7 Å². The minimum Gasteiger partial charge on any atom is -0.198 e. The molecule has 0 unspecified atom stereocenters. The Morgan fingerprint density at radius 1 is 1.18 bits per heavy atom. The van der Waals surface area contributed by atoms with Crippen molar-refractivity contribution in [2.45, 2.75) is 6.42 Å². The number of hydrogen-bond acceptors (Lipinski definition) is 1. The van der Waals surface area contributed by atoms with Crippen LogP contribution in [-0.4, -0.2) is 15.7 Å². The zero-order chi connectivity index (χ0) is 8.27. The summed E-state index contributed by atoms with van der Waals surface area (Å²) in [4.78, 5) is 0. The fourth-order valence-corrected chi connectivity index (χ4v) is 1.26. The fraction of sp³-hybridized carbons (Fsp3) is 0.125. The lowest BCUT2D eigenvalue weighted by Gasteiger charge is -1.99. The second kappa shape index (κ2) is 3.30. The molecule has 1 nitrogen and oxygen atoms in total. The maximum atomic E-state index is 8.45. The molecule has 0 aliphatic rings. The van der Waals surface area contributed by atoms with E-state index in [0.29, 0.717) is 6.42 Å². The highest BCUT2D eigenvalue weighted by atomic mass is 14.2. The lowest BCUT2D eigenvalue weighted by atomic mass is 9.85. The first-order chi connectivity index (χ1) is 5.22. The first kappa shape index (κ1) is 7.94. The highest BCUT2D eigenvalue weighted by Crippen LogP contribution is 1.93. The third-order valence-corrected chi connectivity index (χ3v) is 1.56. The van der Waals surface area contributed by atoms with Gasteiger partial charge in [-0.25, -0.2) is 0 Å². The summed E-state index contributed by atoms with van der Waals surface area (Å²) in [6.45, 7) is 0. The van der Waals surface area contributed by atoms with Crippen molar-refractivity contribution in [2.75, 3.05) is 0 Å². The zero-order valence-electron chi connectivity index (χ0n) is 6.89. The van der Waals surface area contributed by atoms with Crippen molar-refractivity contribution in [1.82, 2.24) is 0 Å². The molecule has 1 aromatic carbocycles. The minimum absolute atomic E-state index is 0.516. The molecule has 0 heterocycles. The Morgan fingerprint density at radius 2 is 1.73 bits per heavy atom. The third kappa shape index (κ3) is 2.16. The first-order valence-corrected chi connectivity index (χ1v) is 3.66. The molecule has 0 saturated carbocycles. The van der Waals surface area contributed by atoms with Crippen LogP contribution in [0.4, 0.5) is 0 Å². The molecule has 1 aromatic rings. The van der Waals surface area contributed by atoms with E-state index in [4.69, 9.17) is 5.26 Å². The van der Waals surface area contributed by atoms with E-state index in [9.17, 15) is 0 Å². The Labute approximate surface area is 68.9 Å². The van der Waals surface area contributed by atoms with E-state index in [-0.39, 0.29) is 0 Å². The van der Waals surface area contributed by atoms with Crippen molar-refractivity contribution in [3.8, 4) is 6.07 Å². The average molecular weight is 141 g/mol. The van der Waals surface area contributed by atoms with Gasteiger partial charge >= 0.3 is 0 Å². The summed E-state index contributed by atoms with van der Waals surface area (Å²) in [7, 11) is 4.10.